The van der Waals surface area contributed by atoms with Crippen molar-refractivity contribution in [3.63, 3.8) is 0 Å². The van der Waals surface area contributed by atoms with Gasteiger partial charge in [0.1, 0.15) is 5.82 Å². The van der Waals surface area contributed by atoms with Gasteiger partial charge < -0.3 is 20.8 Å². The highest BCUT2D eigenvalue weighted by Gasteiger charge is 2.35. The van der Waals surface area contributed by atoms with Crippen LogP contribution in [0.3, 0.4) is 0 Å². The average molecular weight is 447 g/mol. The summed E-state index contributed by atoms with van der Waals surface area (Å²) >= 11 is 0. The van der Waals surface area contributed by atoms with E-state index in [0.29, 0.717) is 11.9 Å². The molecular weight excluding hydrogens is 416 g/mol. The number of hydrogen-bond donors (Lipinski definition) is 2. The largest absolute Gasteiger partial charge is 0.381 e. The van der Waals surface area contributed by atoms with Gasteiger partial charge in [-0.1, -0.05) is 0 Å². The summed E-state index contributed by atoms with van der Waals surface area (Å²) in [4.78, 5) is 14.1. The van der Waals surface area contributed by atoms with Crippen LogP contribution in [0.15, 0.2) is 30.7 Å². The minimum absolute atomic E-state index is 0.226. The van der Waals surface area contributed by atoms with Crippen molar-refractivity contribution in [3.8, 4) is 11.1 Å². The third-order valence-electron chi connectivity index (χ3n) is 7.37. The number of pyridine rings is 1. The summed E-state index contributed by atoms with van der Waals surface area (Å²) in [5.74, 6) is 1.68. The molecule has 1 aliphatic carbocycles. The molecule has 0 radical (unpaired) electrons. The molecule has 33 heavy (non-hydrogen) atoms. The molecule has 1 aliphatic heterocycles. The van der Waals surface area contributed by atoms with Crippen LogP contribution >= 0.6 is 0 Å². The van der Waals surface area contributed by atoms with Gasteiger partial charge in [-0.25, -0.2) is 19.5 Å². The highest BCUT2D eigenvalue weighted by molar-refractivity contribution is 5.85. The molecule has 0 atom stereocenters. The minimum Gasteiger partial charge on any atom is -0.381 e. The first-order valence-corrected chi connectivity index (χ1v) is 11.8. The summed E-state index contributed by atoms with van der Waals surface area (Å²) in [6.45, 7) is 3.63. The van der Waals surface area contributed by atoms with E-state index in [1.807, 2.05) is 23.1 Å². The summed E-state index contributed by atoms with van der Waals surface area (Å²) in [6, 6.07) is 4.87. The number of ether oxygens (including phenoxy) is 1. The summed E-state index contributed by atoms with van der Waals surface area (Å²) in [6.07, 6.45) is 11.2. The van der Waals surface area contributed by atoms with Gasteiger partial charge in [-0.2, -0.15) is 5.10 Å². The van der Waals surface area contributed by atoms with Crippen LogP contribution in [0.25, 0.3) is 27.8 Å². The SMILES string of the molecule is Cc1nc2ncc(-c3ccn4nc(C5(N)CCC(N)CC5)ncc34)cc2n1C1CCOCC1. The molecule has 0 unspecified atom stereocenters. The molecule has 4 N–H and O–H groups in total. The van der Waals surface area contributed by atoms with Crippen molar-refractivity contribution in [3.05, 3.63) is 42.4 Å². The van der Waals surface area contributed by atoms with Gasteiger partial charge in [0.15, 0.2) is 11.5 Å². The van der Waals surface area contributed by atoms with Gasteiger partial charge in [-0.15, -0.1) is 0 Å². The summed E-state index contributed by atoms with van der Waals surface area (Å²) < 4.78 is 9.77. The molecule has 0 aromatic carbocycles. The molecule has 0 spiro atoms. The third-order valence-corrected chi connectivity index (χ3v) is 7.37. The lowest BCUT2D eigenvalue weighted by molar-refractivity contribution is 0.0701. The van der Waals surface area contributed by atoms with Gasteiger partial charge in [-0.05, 0) is 57.6 Å². The topological polar surface area (TPSA) is 122 Å². The summed E-state index contributed by atoms with van der Waals surface area (Å²) in [5, 5.41) is 4.79. The normalized spacial score (nSPS) is 24.6. The van der Waals surface area contributed by atoms with E-state index < -0.39 is 5.54 Å². The van der Waals surface area contributed by atoms with E-state index in [0.717, 1.165) is 85.4 Å². The van der Waals surface area contributed by atoms with Crippen molar-refractivity contribution in [1.29, 1.82) is 0 Å². The maximum Gasteiger partial charge on any atom is 0.177 e. The van der Waals surface area contributed by atoms with Gasteiger partial charge in [0.05, 0.1) is 22.8 Å². The van der Waals surface area contributed by atoms with Crippen LogP contribution in [0.1, 0.15) is 56.2 Å². The molecular formula is C24H30N8O. The van der Waals surface area contributed by atoms with E-state index in [1.165, 1.54) is 0 Å². The van der Waals surface area contributed by atoms with Crippen LogP contribution in [-0.2, 0) is 10.3 Å². The number of aromatic nitrogens is 6. The maximum absolute atomic E-state index is 6.68. The Balaban J connectivity index is 1.39. The predicted octanol–water partition coefficient (Wildman–Crippen LogP) is 2.86. The lowest BCUT2D eigenvalue weighted by Crippen LogP contribution is -2.45. The van der Waals surface area contributed by atoms with E-state index in [1.54, 1.807) is 0 Å². The fourth-order valence-electron chi connectivity index (χ4n) is 5.39. The van der Waals surface area contributed by atoms with E-state index in [2.05, 4.69) is 28.6 Å². The first-order chi connectivity index (χ1) is 16.0. The first-order valence-electron chi connectivity index (χ1n) is 11.8. The number of nitrogens with zero attached hydrogens (tertiary/aromatic N) is 6. The Hall–Kier alpha value is -2.88. The van der Waals surface area contributed by atoms with Crippen LogP contribution in [-0.4, -0.2) is 48.4 Å². The Morgan fingerprint density at radius 1 is 1.06 bits per heavy atom. The van der Waals surface area contributed by atoms with Crippen molar-refractivity contribution in [2.45, 2.75) is 63.1 Å². The number of rotatable bonds is 3. The quantitative estimate of drug-likeness (QED) is 0.496. The zero-order valence-corrected chi connectivity index (χ0v) is 18.9. The second-order valence-electron chi connectivity index (χ2n) is 9.57. The molecule has 2 fully saturated rings. The van der Waals surface area contributed by atoms with Crippen LogP contribution in [0.4, 0.5) is 0 Å². The molecule has 172 valence electrons. The molecule has 1 saturated carbocycles. The second-order valence-corrected chi connectivity index (χ2v) is 9.57. The fourth-order valence-corrected chi connectivity index (χ4v) is 5.39. The number of nitrogens with two attached hydrogens (primary N) is 2. The molecule has 0 bridgehead atoms. The highest BCUT2D eigenvalue weighted by Crippen LogP contribution is 2.34. The van der Waals surface area contributed by atoms with Crippen molar-refractivity contribution >= 4 is 16.7 Å². The Kier molecular flexibility index (Phi) is 4.93. The Morgan fingerprint density at radius 3 is 2.64 bits per heavy atom. The molecule has 2 aliphatic rings. The maximum atomic E-state index is 6.68. The standard InChI is InChI=1S/C24H30N8O/c1-15-29-22-20(32(15)18-5-10-33-11-6-18)12-16(13-27-22)19-4-9-31-21(19)14-28-23(30-31)24(26)7-2-17(25)3-8-24/h4,9,12-14,17-18H,2-3,5-8,10-11,25-26H2,1H3. The predicted molar refractivity (Wildman–Crippen MR) is 126 cm³/mol. The monoisotopic (exact) mass is 446 g/mol. The lowest BCUT2D eigenvalue weighted by Gasteiger charge is -2.34. The van der Waals surface area contributed by atoms with Crippen LogP contribution < -0.4 is 11.5 Å². The van der Waals surface area contributed by atoms with E-state index >= 15 is 0 Å². The van der Waals surface area contributed by atoms with Crippen molar-refractivity contribution < 1.29 is 4.74 Å². The Labute approximate surface area is 192 Å². The highest BCUT2D eigenvalue weighted by atomic mass is 16.5. The Bertz CT molecular complexity index is 1310. The van der Waals surface area contributed by atoms with Crippen molar-refractivity contribution in [2.75, 3.05) is 13.2 Å². The second kappa shape index (κ2) is 7.86. The number of fused-ring (bicyclic) bond motifs is 2. The number of aryl methyl sites for hydroxylation is 1. The molecule has 6 rings (SSSR count). The molecule has 5 heterocycles. The third kappa shape index (κ3) is 3.51. The minimum atomic E-state index is -0.511. The van der Waals surface area contributed by atoms with Gasteiger partial charge >= 0.3 is 0 Å². The van der Waals surface area contributed by atoms with Crippen molar-refractivity contribution in [1.82, 2.24) is 29.1 Å². The molecule has 0 amide bonds. The van der Waals surface area contributed by atoms with E-state index in [9.17, 15) is 0 Å². The smallest absolute Gasteiger partial charge is 0.177 e. The van der Waals surface area contributed by atoms with E-state index in [-0.39, 0.29) is 6.04 Å². The van der Waals surface area contributed by atoms with Gasteiger partial charge in [-0.3, -0.25) is 0 Å². The molecule has 4 aromatic rings. The summed E-state index contributed by atoms with van der Waals surface area (Å²) in [7, 11) is 0. The van der Waals surface area contributed by atoms with E-state index in [4.69, 9.17) is 31.3 Å². The van der Waals surface area contributed by atoms with Crippen LogP contribution in [0.5, 0.6) is 0 Å². The molecule has 9 nitrogen and oxygen atoms in total. The first kappa shape index (κ1) is 20.7. The lowest BCUT2D eigenvalue weighted by atomic mass is 9.80. The summed E-state index contributed by atoms with van der Waals surface area (Å²) in [5.41, 5.74) is 17.1. The van der Waals surface area contributed by atoms with Crippen LogP contribution in [0.2, 0.25) is 0 Å². The van der Waals surface area contributed by atoms with Gasteiger partial charge in [0, 0.05) is 48.8 Å². The Morgan fingerprint density at radius 2 is 1.85 bits per heavy atom. The number of imidazole rings is 1. The van der Waals surface area contributed by atoms with Gasteiger partial charge in [0.25, 0.3) is 0 Å². The van der Waals surface area contributed by atoms with Gasteiger partial charge in [0.2, 0.25) is 0 Å². The fraction of sp³-hybridized carbons (Fsp3) is 0.500. The van der Waals surface area contributed by atoms with Crippen molar-refractivity contribution in [2.24, 2.45) is 11.5 Å². The zero-order chi connectivity index (χ0) is 22.6. The zero-order valence-electron chi connectivity index (χ0n) is 18.9. The molecule has 1 saturated heterocycles. The molecule has 9 heteroatoms. The number of hydrogen-bond acceptors (Lipinski definition) is 7. The molecule has 4 aromatic heterocycles. The average Bonchev–Trinajstić information content (AvgIpc) is 3.41. The van der Waals surface area contributed by atoms with Crippen LogP contribution in [0, 0.1) is 6.92 Å².